The van der Waals surface area contributed by atoms with Gasteiger partial charge in [0.25, 0.3) is 0 Å². The van der Waals surface area contributed by atoms with Crippen LogP contribution in [-0.2, 0) is 4.79 Å². The van der Waals surface area contributed by atoms with E-state index in [2.05, 4.69) is 5.32 Å². The van der Waals surface area contributed by atoms with Gasteiger partial charge in [-0.25, -0.2) is 9.97 Å². The molecule has 0 fully saturated rings. The Balaban J connectivity index is 1.56. The molecule has 1 aromatic heterocycles. The van der Waals surface area contributed by atoms with Gasteiger partial charge >= 0.3 is 0 Å². The number of nitrogens with zero attached hydrogens (tertiary/aromatic N) is 2. The fraction of sp³-hybridized carbons (Fsp3) is 0.125. The number of para-hydroxylation sites is 3. The largest absolute Gasteiger partial charge is 0.492 e. The van der Waals surface area contributed by atoms with E-state index < -0.39 is 0 Å². The topological polar surface area (TPSA) is 64.1 Å². The first kappa shape index (κ1) is 19.9. The van der Waals surface area contributed by atoms with E-state index in [1.165, 1.54) is 11.8 Å². The molecule has 150 valence electrons. The number of rotatable bonds is 7. The van der Waals surface area contributed by atoms with Gasteiger partial charge in [-0.3, -0.25) is 4.79 Å². The van der Waals surface area contributed by atoms with Crippen LogP contribution in [0.3, 0.4) is 0 Å². The van der Waals surface area contributed by atoms with Crippen LogP contribution < -0.4 is 10.1 Å². The Morgan fingerprint density at radius 1 is 0.933 bits per heavy atom. The zero-order valence-corrected chi connectivity index (χ0v) is 17.4. The zero-order chi connectivity index (χ0) is 20.8. The summed E-state index contributed by atoms with van der Waals surface area (Å²) in [6, 6.07) is 25.1. The van der Waals surface area contributed by atoms with Crippen LogP contribution in [0.15, 0.2) is 83.9 Å². The zero-order valence-electron chi connectivity index (χ0n) is 16.5. The molecule has 3 aromatic carbocycles. The SMILES string of the molecule is CCOc1ccccc1NC(=O)CSc1nc(-c2ccccc2)nc2ccccc12. The molecule has 0 aliphatic rings. The molecule has 1 amide bonds. The standard InChI is InChI=1S/C24H21N3O2S/c1-2-29-21-15-9-8-14-20(21)25-22(28)16-30-24-18-12-6-7-13-19(18)26-23(27-24)17-10-4-3-5-11-17/h3-15H,2,16H2,1H3,(H,25,28). The Kier molecular flexibility index (Phi) is 6.25. The summed E-state index contributed by atoms with van der Waals surface area (Å²) in [5, 5.41) is 4.65. The van der Waals surface area contributed by atoms with Crippen molar-refractivity contribution >= 4 is 34.3 Å². The molecular weight excluding hydrogens is 394 g/mol. The first-order valence-electron chi connectivity index (χ1n) is 9.71. The van der Waals surface area contributed by atoms with Gasteiger partial charge in [0, 0.05) is 10.9 Å². The monoisotopic (exact) mass is 415 g/mol. The molecule has 0 spiro atoms. The Morgan fingerprint density at radius 2 is 1.67 bits per heavy atom. The van der Waals surface area contributed by atoms with Gasteiger partial charge in [0.05, 0.1) is 23.6 Å². The third kappa shape index (κ3) is 4.60. The molecule has 30 heavy (non-hydrogen) atoms. The van der Waals surface area contributed by atoms with Crippen LogP contribution in [0, 0.1) is 0 Å². The summed E-state index contributed by atoms with van der Waals surface area (Å²) >= 11 is 1.40. The summed E-state index contributed by atoms with van der Waals surface area (Å²) in [4.78, 5) is 22.0. The average molecular weight is 416 g/mol. The average Bonchev–Trinajstić information content (AvgIpc) is 2.79. The summed E-state index contributed by atoms with van der Waals surface area (Å²) in [6.45, 7) is 2.45. The first-order chi connectivity index (χ1) is 14.7. The Hall–Kier alpha value is -3.38. The molecule has 0 unspecified atom stereocenters. The fourth-order valence-corrected chi connectivity index (χ4v) is 3.86. The third-order valence-corrected chi connectivity index (χ3v) is 5.39. The van der Waals surface area contributed by atoms with Gasteiger partial charge in [0.1, 0.15) is 10.8 Å². The number of carbonyl (C=O) groups is 1. The number of hydrogen-bond donors (Lipinski definition) is 1. The molecular formula is C24H21N3O2S. The molecule has 0 aliphatic carbocycles. The van der Waals surface area contributed by atoms with E-state index in [4.69, 9.17) is 14.7 Å². The lowest BCUT2D eigenvalue weighted by Crippen LogP contribution is -2.15. The molecule has 0 saturated heterocycles. The lowest BCUT2D eigenvalue weighted by Gasteiger charge is -2.12. The number of hydrogen-bond acceptors (Lipinski definition) is 5. The summed E-state index contributed by atoms with van der Waals surface area (Å²) in [5.74, 6) is 1.43. The predicted octanol–water partition coefficient (Wildman–Crippen LogP) is 5.43. The Bertz CT molecular complexity index is 1170. The Morgan fingerprint density at radius 3 is 2.50 bits per heavy atom. The van der Waals surface area contributed by atoms with Crippen LogP contribution in [0.25, 0.3) is 22.3 Å². The van der Waals surface area contributed by atoms with Crippen LogP contribution in [0.2, 0.25) is 0 Å². The van der Waals surface area contributed by atoms with E-state index in [1.807, 2.05) is 85.8 Å². The lowest BCUT2D eigenvalue weighted by molar-refractivity contribution is -0.113. The number of carbonyl (C=O) groups excluding carboxylic acids is 1. The van der Waals surface area contributed by atoms with Gasteiger partial charge in [0.2, 0.25) is 5.91 Å². The second kappa shape index (κ2) is 9.41. The number of anilines is 1. The number of amides is 1. The van der Waals surface area contributed by atoms with Crippen molar-refractivity contribution in [1.29, 1.82) is 0 Å². The van der Waals surface area contributed by atoms with Crippen molar-refractivity contribution in [3.05, 3.63) is 78.9 Å². The van der Waals surface area contributed by atoms with Crippen LogP contribution >= 0.6 is 11.8 Å². The van der Waals surface area contributed by atoms with E-state index in [0.717, 1.165) is 21.5 Å². The van der Waals surface area contributed by atoms with Crippen LogP contribution in [0.4, 0.5) is 5.69 Å². The summed E-state index contributed by atoms with van der Waals surface area (Å²) in [5.41, 5.74) is 2.47. The lowest BCUT2D eigenvalue weighted by atomic mass is 10.2. The molecule has 1 N–H and O–H groups in total. The van der Waals surface area contributed by atoms with Crippen LogP contribution in [0.5, 0.6) is 5.75 Å². The highest BCUT2D eigenvalue weighted by molar-refractivity contribution is 8.00. The molecule has 5 nitrogen and oxygen atoms in total. The van der Waals surface area contributed by atoms with E-state index >= 15 is 0 Å². The number of nitrogens with one attached hydrogen (secondary N) is 1. The smallest absolute Gasteiger partial charge is 0.234 e. The van der Waals surface area contributed by atoms with Crippen LogP contribution in [0.1, 0.15) is 6.92 Å². The summed E-state index contributed by atoms with van der Waals surface area (Å²) < 4.78 is 5.58. The van der Waals surface area contributed by atoms with Gasteiger partial charge in [-0.1, -0.05) is 72.4 Å². The maximum atomic E-state index is 12.6. The number of fused-ring (bicyclic) bond motifs is 1. The summed E-state index contributed by atoms with van der Waals surface area (Å²) in [7, 11) is 0. The second-order valence-corrected chi connectivity index (χ2v) is 7.47. The molecule has 0 bridgehead atoms. The van der Waals surface area contributed by atoms with E-state index in [9.17, 15) is 4.79 Å². The minimum absolute atomic E-state index is 0.115. The first-order valence-corrected chi connectivity index (χ1v) is 10.7. The highest BCUT2D eigenvalue weighted by Gasteiger charge is 2.13. The molecule has 1 heterocycles. The van der Waals surface area contributed by atoms with Crippen molar-refractivity contribution in [3.63, 3.8) is 0 Å². The maximum Gasteiger partial charge on any atom is 0.234 e. The fourth-order valence-electron chi connectivity index (χ4n) is 3.05. The molecule has 0 atom stereocenters. The molecule has 4 aromatic rings. The highest BCUT2D eigenvalue weighted by Crippen LogP contribution is 2.29. The molecule has 0 radical (unpaired) electrons. The minimum atomic E-state index is -0.115. The highest BCUT2D eigenvalue weighted by atomic mass is 32.2. The predicted molar refractivity (Wildman–Crippen MR) is 122 cm³/mol. The Labute approximate surface area is 179 Å². The third-order valence-electron chi connectivity index (χ3n) is 4.40. The van der Waals surface area contributed by atoms with Crippen LogP contribution in [-0.4, -0.2) is 28.2 Å². The van der Waals surface area contributed by atoms with E-state index in [0.29, 0.717) is 23.9 Å². The number of ether oxygens (including phenoxy) is 1. The molecule has 4 rings (SSSR count). The van der Waals surface area contributed by atoms with Crippen molar-refractivity contribution < 1.29 is 9.53 Å². The van der Waals surface area contributed by atoms with Crippen molar-refractivity contribution in [2.75, 3.05) is 17.7 Å². The molecule has 0 aliphatic heterocycles. The molecule has 0 saturated carbocycles. The normalized spacial score (nSPS) is 10.7. The maximum absolute atomic E-state index is 12.6. The van der Waals surface area contributed by atoms with Gasteiger partial charge in [-0.15, -0.1) is 0 Å². The van der Waals surface area contributed by atoms with Gasteiger partial charge < -0.3 is 10.1 Å². The van der Waals surface area contributed by atoms with Crippen molar-refractivity contribution in [1.82, 2.24) is 9.97 Å². The number of thioether (sulfide) groups is 1. The second-order valence-electron chi connectivity index (χ2n) is 6.50. The summed E-state index contributed by atoms with van der Waals surface area (Å²) in [6.07, 6.45) is 0. The molecule has 6 heteroatoms. The van der Waals surface area contributed by atoms with Crippen molar-refractivity contribution in [3.8, 4) is 17.1 Å². The van der Waals surface area contributed by atoms with E-state index in [1.54, 1.807) is 0 Å². The number of aromatic nitrogens is 2. The quantitative estimate of drug-likeness (QED) is 0.322. The van der Waals surface area contributed by atoms with Gasteiger partial charge in [0.15, 0.2) is 5.82 Å². The van der Waals surface area contributed by atoms with Crippen molar-refractivity contribution in [2.24, 2.45) is 0 Å². The van der Waals surface area contributed by atoms with Gasteiger partial charge in [-0.2, -0.15) is 0 Å². The van der Waals surface area contributed by atoms with Crippen molar-refractivity contribution in [2.45, 2.75) is 11.9 Å². The minimum Gasteiger partial charge on any atom is -0.492 e. The van der Waals surface area contributed by atoms with Gasteiger partial charge in [-0.05, 0) is 25.1 Å². The number of benzene rings is 3. The van der Waals surface area contributed by atoms with E-state index in [-0.39, 0.29) is 11.7 Å².